The monoisotopic (exact) mass is 271 g/mol. The lowest BCUT2D eigenvalue weighted by Crippen LogP contribution is -2.11. The lowest BCUT2D eigenvalue weighted by molar-refractivity contribution is -0.384. The van der Waals surface area contributed by atoms with Gasteiger partial charge in [-0.15, -0.1) is 0 Å². The van der Waals surface area contributed by atoms with Gasteiger partial charge in [0.1, 0.15) is 5.75 Å². The van der Waals surface area contributed by atoms with Gasteiger partial charge in [0.15, 0.2) is 0 Å². The summed E-state index contributed by atoms with van der Waals surface area (Å²) < 4.78 is 5.21. The number of aryl methyl sites for hydroxylation is 1. The molecule has 0 aliphatic rings. The normalized spacial score (nSPS) is 10.1. The molecule has 0 bridgehead atoms. The highest BCUT2D eigenvalue weighted by atomic mass is 16.6. The summed E-state index contributed by atoms with van der Waals surface area (Å²) in [6.07, 6.45) is 0. The summed E-state index contributed by atoms with van der Waals surface area (Å²) in [6.45, 7) is 3.46. The highest BCUT2D eigenvalue weighted by Crippen LogP contribution is 2.23. The third-order valence-corrected chi connectivity index (χ3v) is 3.04. The molecule has 0 aliphatic carbocycles. The fraction of sp³-hybridized carbons (Fsp3) is 0.133. The van der Waals surface area contributed by atoms with E-state index in [1.54, 1.807) is 44.2 Å². The van der Waals surface area contributed by atoms with E-state index in [-0.39, 0.29) is 11.3 Å². The number of hydrogen-bond acceptors (Lipinski definition) is 4. The van der Waals surface area contributed by atoms with Crippen molar-refractivity contribution in [3.05, 3.63) is 69.3 Å². The SMILES string of the molecule is Cc1cc([N+](=O)[O-])cc(C(=O)Oc2ccccc2)c1C. The van der Waals surface area contributed by atoms with Crippen LogP contribution in [0.25, 0.3) is 0 Å². The molecule has 5 nitrogen and oxygen atoms in total. The Labute approximate surface area is 116 Å². The predicted octanol–water partition coefficient (Wildman–Crippen LogP) is 3.43. The van der Waals surface area contributed by atoms with Crippen LogP contribution in [0.3, 0.4) is 0 Å². The van der Waals surface area contributed by atoms with E-state index in [1.807, 2.05) is 0 Å². The van der Waals surface area contributed by atoms with E-state index in [9.17, 15) is 14.9 Å². The maximum atomic E-state index is 12.1. The van der Waals surface area contributed by atoms with Crippen molar-refractivity contribution in [2.24, 2.45) is 0 Å². The molecule has 102 valence electrons. The summed E-state index contributed by atoms with van der Waals surface area (Å²) in [5, 5.41) is 10.9. The first-order chi connectivity index (χ1) is 9.49. The molecule has 2 rings (SSSR count). The van der Waals surface area contributed by atoms with Crippen LogP contribution in [0.1, 0.15) is 21.5 Å². The average molecular weight is 271 g/mol. The first-order valence-electron chi connectivity index (χ1n) is 6.02. The number of carbonyl (C=O) groups is 1. The zero-order valence-electron chi connectivity index (χ0n) is 11.1. The Bertz CT molecular complexity index is 665. The number of nitrogens with zero attached hydrogens (tertiary/aromatic N) is 1. The number of hydrogen-bond donors (Lipinski definition) is 0. The molecule has 0 aliphatic heterocycles. The van der Waals surface area contributed by atoms with Gasteiger partial charge in [0.05, 0.1) is 10.5 Å². The Morgan fingerprint density at radius 3 is 2.40 bits per heavy atom. The summed E-state index contributed by atoms with van der Waals surface area (Å²) in [7, 11) is 0. The van der Waals surface area contributed by atoms with E-state index < -0.39 is 10.9 Å². The molecule has 20 heavy (non-hydrogen) atoms. The van der Waals surface area contributed by atoms with Gasteiger partial charge in [-0.2, -0.15) is 0 Å². The number of nitro benzene ring substituents is 1. The van der Waals surface area contributed by atoms with Crippen LogP contribution >= 0.6 is 0 Å². The highest BCUT2D eigenvalue weighted by molar-refractivity contribution is 5.93. The Hall–Kier alpha value is -2.69. The molecule has 0 N–H and O–H groups in total. The topological polar surface area (TPSA) is 69.4 Å². The van der Waals surface area contributed by atoms with Crippen LogP contribution in [0.5, 0.6) is 5.75 Å². The molecule has 0 heterocycles. The van der Waals surface area contributed by atoms with E-state index in [0.29, 0.717) is 16.9 Å². The maximum Gasteiger partial charge on any atom is 0.344 e. The number of ether oxygens (including phenoxy) is 1. The number of carbonyl (C=O) groups excluding carboxylic acids is 1. The van der Waals surface area contributed by atoms with Crippen LogP contribution in [0, 0.1) is 24.0 Å². The predicted molar refractivity (Wildman–Crippen MR) is 74.0 cm³/mol. The van der Waals surface area contributed by atoms with Crippen LogP contribution in [0.2, 0.25) is 0 Å². The molecule has 0 radical (unpaired) electrons. The van der Waals surface area contributed by atoms with Crippen molar-refractivity contribution in [1.29, 1.82) is 0 Å². The molecule has 2 aromatic rings. The Morgan fingerprint density at radius 1 is 1.15 bits per heavy atom. The molecule has 0 aromatic heterocycles. The average Bonchev–Trinajstić information content (AvgIpc) is 2.42. The smallest absolute Gasteiger partial charge is 0.344 e. The quantitative estimate of drug-likeness (QED) is 0.371. The number of esters is 1. The zero-order valence-corrected chi connectivity index (χ0v) is 11.1. The van der Waals surface area contributed by atoms with Gasteiger partial charge in [-0.3, -0.25) is 10.1 Å². The van der Waals surface area contributed by atoms with Crippen LogP contribution in [-0.2, 0) is 0 Å². The van der Waals surface area contributed by atoms with Gasteiger partial charge in [0, 0.05) is 12.1 Å². The summed E-state index contributed by atoms with van der Waals surface area (Å²) in [5.41, 5.74) is 1.45. The molecule has 0 amide bonds. The number of nitro groups is 1. The highest BCUT2D eigenvalue weighted by Gasteiger charge is 2.18. The van der Waals surface area contributed by atoms with Crippen molar-refractivity contribution in [3.63, 3.8) is 0 Å². The second-order valence-corrected chi connectivity index (χ2v) is 4.39. The zero-order chi connectivity index (χ0) is 14.7. The van der Waals surface area contributed by atoms with Crippen molar-refractivity contribution >= 4 is 11.7 Å². The molecular weight excluding hydrogens is 258 g/mol. The third kappa shape index (κ3) is 2.83. The number of benzene rings is 2. The summed E-state index contributed by atoms with van der Waals surface area (Å²) in [6, 6.07) is 11.3. The van der Waals surface area contributed by atoms with Crippen molar-refractivity contribution in [2.45, 2.75) is 13.8 Å². The van der Waals surface area contributed by atoms with E-state index >= 15 is 0 Å². The Kier molecular flexibility index (Phi) is 3.79. The molecule has 0 saturated carbocycles. The molecular formula is C15H13NO4. The molecule has 5 heteroatoms. The van der Waals surface area contributed by atoms with Gasteiger partial charge < -0.3 is 4.74 Å². The van der Waals surface area contributed by atoms with Crippen molar-refractivity contribution in [3.8, 4) is 5.75 Å². The molecule has 0 unspecified atom stereocenters. The van der Waals surface area contributed by atoms with Crippen LogP contribution in [0.15, 0.2) is 42.5 Å². The third-order valence-electron chi connectivity index (χ3n) is 3.04. The minimum absolute atomic E-state index is 0.117. The van der Waals surface area contributed by atoms with Gasteiger partial charge in [0.25, 0.3) is 5.69 Å². The minimum Gasteiger partial charge on any atom is -0.423 e. The van der Waals surface area contributed by atoms with Crippen molar-refractivity contribution in [1.82, 2.24) is 0 Å². The van der Waals surface area contributed by atoms with E-state index in [4.69, 9.17) is 4.74 Å². The fourth-order valence-electron chi connectivity index (χ4n) is 1.81. The standard InChI is InChI=1S/C15H13NO4/c1-10-8-12(16(18)19)9-14(11(10)2)15(17)20-13-6-4-3-5-7-13/h3-9H,1-2H3. The maximum absolute atomic E-state index is 12.1. The van der Waals surface area contributed by atoms with Crippen LogP contribution in [-0.4, -0.2) is 10.9 Å². The summed E-state index contributed by atoms with van der Waals surface area (Å²) >= 11 is 0. The van der Waals surface area contributed by atoms with Gasteiger partial charge in [-0.05, 0) is 37.1 Å². The van der Waals surface area contributed by atoms with Gasteiger partial charge in [-0.1, -0.05) is 18.2 Å². The second kappa shape index (κ2) is 5.52. The first kappa shape index (κ1) is 13.7. The number of non-ortho nitro benzene ring substituents is 1. The van der Waals surface area contributed by atoms with Gasteiger partial charge in [-0.25, -0.2) is 4.79 Å². The van der Waals surface area contributed by atoms with Crippen molar-refractivity contribution in [2.75, 3.05) is 0 Å². The fourth-order valence-corrected chi connectivity index (χ4v) is 1.81. The Balaban J connectivity index is 2.36. The van der Waals surface area contributed by atoms with E-state index in [1.165, 1.54) is 12.1 Å². The second-order valence-electron chi connectivity index (χ2n) is 4.39. The van der Waals surface area contributed by atoms with Crippen LogP contribution < -0.4 is 4.74 Å². The molecule has 0 atom stereocenters. The lowest BCUT2D eigenvalue weighted by Gasteiger charge is -2.08. The largest absolute Gasteiger partial charge is 0.423 e. The molecule has 0 saturated heterocycles. The van der Waals surface area contributed by atoms with Gasteiger partial charge in [0.2, 0.25) is 0 Å². The molecule has 2 aromatic carbocycles. The Morgan fingerprint density at radius 2 is 1.80 bits per heavy atom. The number of para-hydroxylation sites is 1. The first-order valence-corrected chi connectivity index (χ1v) is 6.02. The lowest BCUT2D eigenvalue weighted by atomic mass is 10.0. The van der Waals surface area contributed by atoms with E-state index in [0.717, 1.165) is 0 Å². The minimum atomic E-state index is -0.597. The van der Waals surface area contributed by atoms with Crippen LogP contribution in [0.4, 0.5) is 5.69 Å². The number of rotatable bonds is 3. The molecule has 0 spiro atoms. The van der Waals surface area contributed by atoms with Gasteiger partial charge >= 0.3 is 5.97 Å². The molecule has 0 fully saturated rings. The summed E-state index contributed by atoms with van der Waals surface area (Å²) in [5.74, 6) is -0.193. The summed E-state index contributed by atoms with van der Waals surface area (Å²) in [4.78, 5) is 22.4. The van der Waals surface area contributed by atoms with E-state index in [2.05, 4.69) is 0 Å². The van der Waals surface area contributed by atoms with Crippen molar-refractivity contribution < 1.29 is 14.5 Å².